The number of anilines is 1. The third-order valence-corrected chi connectivity index (χ3v) is 6.73. The molecule has 0 spiro atoms. The number of hydrogen-bond donors (Lipinski definition) is 1. The molecule has 1 amide bonds. The van der Waals surface area contributed by atoms with Crippen molar-refractivity contribution in [2.45, 2.75) is 51.4 Å². The first-order valence-corrected chi connectivity index (χ1v) is 10.9. The van der Waals surface area contributed by atoms with Gasteiger partial charge in [-0.15, -0.1) is 0 Å². The molecule has 0 aliphatic heterocycles. The molecule has 1 saturated carbocycles. The van der Waals surface area contributed by atoms with Crippen molar-refractivity contribution in [3.8, 4) is 6.07 Å². The number of nitriles is 1. The molecule has 0 radical (unpaired) electrons. The molecular weight excluding hydrogens is 458 g/mol. The van der Waals surface area contributed by atoms with Gasteiger partial charge in [0.25, 0.3) is 0 Å². The number of nitrogens with zero attached hydrogens (tertiary/aromatic N) is 1. The minimum Gasteiger partial charge on any atom is -0.326 e. The highest BCUT2D eigenvalue weighted by Crippen LogP contribution is 2.47. The Balaban J connectivity index is 1.89. The third-order valence-electron chi connectivity index (χ3n) is 6.73. The Kier molecular flexibility index (Phi) is 7.29. The average Bonchev–Trinajstić information content (AvgIpc) is 2.78. The standard InChI is InChI=1S/C25H24F6N2O/c1-23(14-16-5-3-2-4-6-16,18-8-10-19(11-9-18)24(26,27)28)22(34)33-20-12-7-17(15-32)21(13-20)25(29,30)31/h2-7,12-13,18-19H,8-11,14H2,1H3,(H,33,34). The lowest BCUT2D eigenvalue weighted by atomic mass is 9.64. The van der Waals surface area contributed by atoms with E-state index in [0.717, 1.165) is 11.6 Å². The zero-order valence-electron chi connectivity index (χ0n) is 18.4. The van der Waals surface area contributed by atoms with E-state index in [2.05, 4.69) is 5.32 Å². The topological polar surface area (TPSA) is 52.9 Å². The highest BCUT2D eigenvalue weighted by Gasteiger charge is 2.47. The van der Waals surface area contributed by atoms with E-state index in [4.69, 9.17) is 5.26 Å². The van der Waals surface area contributed by atoms with Crippen molar-refractivity contribution < 1.29 is 31.1 Å². The van der Waals surface area contributed by atoms with Crippen molar-refractivity contribution >= 4 is 11.6 Å². The molecule has 3 nitrogen and oxygen atoms in total. The summed E-state index contributed by atoms with van der Waals surface area (Å²) in [4.78, 5) is 13.5. The second-order valence-electron chi connectivity index (χ2n) is 8.99. The normalized spacial score (nSPS) is 20.8. The van der Waals surface area contributed by atoms with Gasteiger partial charge in [0.2, 0.25) is 5.91 Å². The fourth-order valence-electron chi connectivity index (χ4n) is 4.72. The van der Waals surface area contributed by atoms with Gasteiger partial charge in [-0.1, -0.05) is 37.3 Å². The maximum Gasteiger partial charge on any atom is 0.417 e. The van der Waals surface area contributed by atoms with Gasteiger partial charge in [0.05, 0.1) is 28.5 Å². The van der Waals surface area contributed by atoms with E-state index in [9.17, 15) is 31.1 Å². The number of carbonyl (C=O) groups excluding carboxylic acids is 1. The summed E-state index contributed by atoms with van der Waals surface area (Å²) in [5.74, 6) is -2.36. The van der Waals surface area contributed by atoms with Crippen molar-refractivity contribution in [1.82, 2.24) is 0 Å². The van der Waals surface area contributed by atoms with Gasteiger partial charge in [0.15, 0.2) is 0 Å². The van der Waals surface area contributed by atoms with Crippen LogP contribution in [0.2, 0.25) is 0 Å². The van der Waals surface area contributed by atoms with Gasteiger partial charge in [-0.05, 0) is 61.8 Å². The van der Waals surface area contributed by atoms with Crippen LogP contribution in [-0.4, -0.2) is 12.1 Å². The van der Waals surface area contributed by atoms with Gasteiger partial charge >= 0.3 is 12.4 Å². The van der Waals surface area contributed by atoms with E-state index in [1.54, 1.807) is 37.3 Å². The number of benzene rings is 2. The fourth-order valence-corrected chi connectivity index (χ4v) is 4.72. The maximum atomic E-state index is 13.5. The summed E-state index contributed by atoms with van der Waals surface area (Å²) in [6.07, 6.45) is -8.68. The van der Waals surface area contributed by atoms with Crippen LogP contribution in [-0.2, 0) is 17.4 Å². The largest absolute Gasteiger partial charge is 0.417 e. The van der Waals surface area contributed by atoms with Crippen molar-refractivity contribution in [3.05, 3.63) is 65.2 Å². The highest BCUT2D eigenvalue weighted by atomic mass is 19.4. The molecule has 9 heteroatoms. The number of carbonyl (C=O) groups is 1. The zero-order valence-corrected chi connectivity index (χ0v) is 18.4. The molecule has 0 aromatic heterocycles. The lowest BCUT2D eigenvalue weighted by Gasteiger charge is -2.41. The third kappa shape index (κ3) is 5.72. The average molecular weight is 482 g/mol. The second kappa shape index (κ2) is 9.69. The maximum absolute atomic E-state index is 13.5. The van der Waals surface area contributed by atoms with Crippen molar-refractivity contribution in [2.75, 3.05) is 5.32 Å². The van der Waals surface area contributed by atoms with E-state index in [-0.39, 0.29) is 43.7 Å². The Morgan fingerprint density at radius 1 is 0.971 bits per heavy atom. The molecule has 0 bridgehead atoms. The first-order chi connectivity index (χ1) is 15.8. The van der Waals surface area contributed by atoms with Crippen LogP contribution in [0.15, 0.2) is 48.5 Å². The highest BCUT2D eigenvalue weighted by molar-refractivity contribution is 5.95. The predicted octanol–water partition coefficient (Wildman–Crippen LogP) is 7.13. The van der Waals surface area contributed by atoms with E-state index in [1.165, 1.54) is 12.1 Å². The SMILES string of the molecule is CC(Cc1ccccc1)(C(=O)Nc1ccc(C#N)c(C(F)(F)F)c1)C1CCC(C(F)(F)F)CC1. The lowest BCUT2D eigenvalue weighted by Crippen LogP contribution is -2.44. The van der Waals surface area contributed by atoms with Crippen LogP contribution in [0.3, 0.4) is 0 Å². The monoisotopic (exact) mass is 482 g/mol. The molecule has 182 valence electrons. The van der Waals surface area contributed by atoms with Gasteiger partial charge in [-0.25, -0.2) is 0 Å². The summed E-state index contributed by atoms with van der Waals surface area (Å²) in [7, 11) is 0. The van der Waals surface area contributed by atoms with Crippen LogP contribution in [0, 0.1) is 28.6 Å². The van der Waals surface area contributed by atoms with Crippen LogP contribution in [0.1, 0.15) is 49.3 Å². The number of hydrogen-bond acceptors (Lipinski definition) is 2. The number of nitrogens with one attached hydrogen (secondary N) is 1. The summed E-state index contributed by atoms with van der Waals surface area (Å²) in [5, 5.41) is 11.5. The molecule has 0 saturated heterocycles. The van der Waals surface area contributed by atoms with E-state index in [0.29, 0.717) is 6.07 Å². The Morgan fingerprint density at radius 2 is 1.56 bits per heavy atom. The first-order valence-electron chi connectivity index (χ1n) is 10.9. The number of alkyl halides is 6. The predicted molar refractivity (Wildman–Crippen MR) is 115 cm³/mol. The fraction of sp³-hybridized carbons (Fsp3) is 0.440. The van der Waals surface area contributed by atoms with Crippen LogP contribution in [0.25, 0.3) is 0 Å². The van der Waals surface area contributed by atoms with Gasteiger partial charge in [0, 0.05) is 5.69 Å². The molecule has 1 N–H and O–H groups in total. The smallest absolute Gasteiger partial charge is 0.326 e. The molecule has 1 aliphatic rings. The summed E-state index contributed by atoms with van der Waals surface area (Å²) in [5.41, 5.74) is -2.20. The van der Waals surface area contributed by atoms with Crippen LogP contribution in [0.4, 0.5) is 32.0 Å². The summed E-state index contributed by atoms with van der Waals surface area (Å²) in [6.45, 7) is 1.65. The van der Waals surface area contributed by atoms with Gasteiger partial charge in [-0.2, -0.15) is 31.6 Å². The second-order valence-corrected chi connectivity index (χ2v) is 8.99. The molecule has 3 rings (SSSR count). The number of rotatable bonds is 5. The lowest BCUT2D eigenvalue weighted by molar-refractivity contribution is -0.186. The van der Waals surface area contributed by atoms with Gasteiger partial charge in [0.1, 0.15) is 0 Å². The molecule has 1 atom stereocenters. The summed E-state index contributed by atoms with van der Waals surface area (Å²) in [6, 6.07) is 13.4. The van der Waals surface area contributed by atoms with E-state index < -0.39 is 40.7 Å². The zero-order chi connectivity index (χ0) is 25.1. The Morgan fingerprint density at radius 3 is 2.09 bits per heavy atom. The summed E-state index contributed by atoms with van der Waals surface area (Å²) >= 11 is 0. The molecule has 1 aliphatic carbocycles. The summed E-state index contributed by atoms with van der Waals surface area (Å²) < 4.78 is 79.5. The van der Waals surface area contributed by atoms with E-state index >= 15 is 0 Å². The number of amides is 1. The molecule has 1 fully saturated rings. The molecule has 2 aromatic rings. The Bertz CT molecular complexity index is 1050. The molecular formula is C25H24F6N2O. The molecule has 34 heavy (non-hydrogen) atoms. The molecule has 1 unspecified atom stereocenters. The van der Waals surface area contributed by atoms with Crippen LogP contribution < -0.4 is 5.32 Å². The van der Waals surface area contributed by atoms with Crippen molar-refractivity contribution in [1.29, 1.82) is 5.26 Å². The van der Waals surface area contributed by atoms with E-state index in [1.807, 2.05) is 0 Å². The van der Waals surface area contributed by atoms with Gasteiger partial charge < -0.3 is 5.32 Å². The van der Waals surface area contributed by atoms with Crippen LogP contribution in [0.5, 0.6) is 0 Å². The minimum atomic E-state index is -4.78. The van der Waals surface area contributed by atoms with Crippen molar-refractivity contribution in [3.63, 3.8) is 0 Å². The molecule has 0 heterocycles. The quantitative estimate of drug-likeness (QED) is 0.461. The first kappa shape index (κ1) is 25.6. The number of halogens is 6. The minimum absolute atomic E-state index is 0.0963. The van der Waals surface area contributed by atoms with Gasteiger partial charge in [-0.3, -0.25) is 4.79 Å². The Hall–Kier alpha value is -3.02. The molecule has 2 aromatic carbocycles. The Labute approximate surface area is 193 Å². The van der Waals surface area contributed by atoms with Crippen LogP contribution >= 0.6 is 0 Å². The van der Waals surface area contributed by atoms with Crippen molar-refractivity contribution in [2.24, 2.45) is 17.3 Å².